The quantitative estimate of drug-likeness (QED) is 0.215. The molecule has 244 valence electrons. The molecule has 2 aromatic carbocycles. The number of fused-ring (bicyclic) bond motifs is 2. The summed E-state index contributed by atoms with van der Waals surface area (Å²) < 4.78 is 81.6. The molecule has 0 saturated heterocycles. The Morgan fingerprint density at radius 1 is 0.636 bits per heavy atom. The minimum Gasteiger partial charge on any atom is -0.312 e. The predicted molar refractivity (Wildman–Crippen MR) is 178 cm³/mol. The SMILES string of the molecule is CCN1C(=O)[C@@](C)(CC(C)(C)C(F)(F)F)c2cc(I)ccc21.CCN1C(=O)[C@](C)(CC(C)(C)C(F)(F)F)c2cc(I)ccc21. The van der Waals surface area contributed by atoms with E-state index in [9.17, 15) is 35.9 Å². The maximum absolute atomic E-state index is 13.3. The third kappa shape index (κ3) is 6.48. The molecule has 4 rings (SSSR count). The van der Waals surface area contributed by atoms with Crippen molar-refractivity contribution in [2.75, 3.05) is 22.9 Å². The van der Waals surface area contributed by atoms with Crippen LogP contribution >= 0.6 is 45.2 Å². The zero-order chi connectivity index (χ0) is 33.8. The number of alkyl halides is 6. The first-order valence-corrected chi connectivity index (χ1v) is 16.4. The van der Waals surface area contributed by atoms with Crippen LogP contribution in [0.25, 0.3) is 0 Å². The molecule has 0 aromatic heterocycles. The molecule has 0 N–H and O–H groups in total. The molecule has 12 heteroatoms. The van der Waals surface area contributed by atoms with E-state index in [0.29, 0.717) is 24.2 Å². The number of hydrogen-bond donors (Lipinski definition) is 0. The van der Waals surface area contributed by atoms with Crippen LogP contribution in [0.1, 0.15) is 79.4 Å². The Hall–Kier alpha value is -1.58. The van der Waals surface area contributed by atoms with Crippen molar-refractivity contribution in [3.05, 3.63) is 54.7 Å². The maximum atomic E-state index is 13.3. The van der Waals surface area contributed by atoms with Crippen LogP contribution in [0.15, 0.2) is 36.4 Å². The van der Waals surface area contributed by atoms with E-state index < -0.39 is 34.0 Å². The lowest BCUT2D eigenvalue weighted by molar-refractivity contribution is -0.218. The topological polar surface area (TPSA) is 40.6 Å². The van der Waals surface area contributed by atoms with Gasteiger partial charge >= 0.3 is 12.4 Å². The molecule has 4 nitrogen and oxygen atoms in total. The highest BCUT2D eigenvalue weighted by Gasteiger charge is 2.57. The summed E-state index contributed by atoms with van der Waals surface area (Å²) in [7, 11) is 0. The van der Waals surface area contributed by atoms with Crippen LogP contribution in [0.4, 0.5) is 37.7 Å². The van der Waals surface area contributed by atoms with Crippen LogP contribution in [-0.2, 0) is 20.4 Å². The van der Waals surface area contributed by atoms with Gasteiger partial charge in [0.15, 0.2) is 0 Å². The number of halogens is 8. The molecule has 44 heavy (non-hydrogen) atoms. The minimum atomic E-state index is -4.35. The zero-order valence-corrected chi connectivity index (χ0v) is 30.3. The van der Waals surface area contributed by atoms with Gasteiger partial charge in [0.1, 0.15) is 0 Å². The van der Waals surface area contributed by atoms with Gasteiger partial charge in [0.25, 0.3) is 0 Å². The van der Waals surface area contributed by atoms with Gasteiger partial charge in [-0.05, 0) is 133 Å². The summed E-state index contributed by atoms with van der Waals surface area (Å²) in [6.07, 6.45) is -9.21. The Labute approximate surface area is 282 Å². The van der Waals surface area contributed by atoms with Crippen LogP contribution in [0.5, 0.6) is 0 Å². The monoisotopic (exact) mass is 850 g/mol. The Morgan fingerprint density at radius 3 is 1.18 bits per heavy atom. The summed E-state index contributed by atoms with van der Waals surface area (Å²) in [6, 6.07) is 11.0. The maximum Gasteiger partial charge on any atom is 0.394 e. The molecule has 0 unspecified atom stereocenters. The number of carbonyl (C=O) groups excluding carboxylic acids is 2. The van der Waals surface area contributed by atoms with Crippen LogP contribution < -0.4 is 9.80 Å². The number of rotatable bonds is 6. The van der Waals surface area contributed by atoms with Crippen molar-refractivity contribution in [1.29, 1.82) is 0 Å². The number of anilines is 2. The molecule has 2 aliphatic heterocycles. The molecule has 2 heterocycles. The second-order valence-electron chi connectivity index (χ2n) is 13.2. The summed E-state index contributed by atoms with van der Waals surface area (Å²) in [5, 5.41) is 0. The van der Waals surface area contributed by atoms with E-state index in [0.717, 1.165) is 46.2 Å². The molecule has 0 radical (unpaired) electrons. The zero-order valence-electron chi connectivity index (χ0n) is 26.0. The molecular formula is C32H38F6I2N2O2. The van der Waals surface area contributed by atoms with Crippen molar-refractivity contribution in [3.8, 4) is 0 Å². The van der Waals surface area contributed by atoms with Gasteiger partial charge in [-0.2, -0.15) is 26.3 Å². The molecule has 0 bridgehead atoms. The Morgan fingerprint density at radius 2 is 0.932 bits per heavy atom. The Bertz CT molecular complexity index is 1330. The summed E-state index contributed by atoms with van der Waals surface area (Å²) in [4.78, 5) is 28.7. The molecule has 2 atom stereocenters. The Kier molecular flexibility index (Phi) is 10.2. The molecule has 0 spiro atoms. The number of likely N-dealkylation sites (N-methyl/N-ethyl adjacent to an activating group) is 2. The van der Waals surface area contributed by atoms with E-state index in [-0.39, 0.29) is 24.7 Å². The van der Waals surface area contributed by atoms with Gasteiger partial charge in [0, 0.05) is 31.6 Å². The second-order valence-corrected chi connectivity index (χ2v) is 15.7. The van der Waals surface area contributed by atoms with Gasteiger partial charge in [-0.1, -0.05) is 27.7 Å². The molecule has 0 aliphatic carbocycles. The lowest BCUT2D eigenvalue weighted by Crippen LogP contribution is -2.45. The van der Waals surface area contributed by atoms with E-state index in [1.807, 2.05) is 50.2 Å². The van der Waals surface area contributed by atoms with E-state index in [1.165, 1.54) is 0 Å². The van der Waals surface area contributed by atoms with Crippen LogP contribution in [0.2, 0.25) is 0 Å². The van der Waals surface area contributed by atoms with E-state index in [4.69, 9.17) is 0 Å². The molecule has 2 amide bonds. The fourth-order valence-electron chi connectivity index (χ4n) is 6.35. The number of nitrogens with zero attached hydrogens (tertiary/aromatic N) is 2. The van der Waals surface area contributed by atoms with Crippen LogP contribution in [-0.4, -0.2) is 37.3 Å². The van der Waals surface area contributed by atoms with Crippen molar-refractivity contribution in [2.45, 2.75) is 91.4 Å². The molecule has 2 aromatic rings. The average Bonchev–Trinajstić information content (AvgIpc) is 3.20. The summed E-state index contributed by atoms with van der Waals surface area (Å²) >= 11 is 4.24. The highest BCUT2D eigenvalue weighted by molar-refractivity contribution is 14.1. The van der Waals surface area contributed by atoms with Gasteiger partial charge in [0.2, 0.25) is 11.8 Å². The van der Waals surface area contributed by atoms with E-state index in [1.54, 1.807) is 23.6 Å². The van der Waals surface area contributed by atoms with Crippen molar-refractivity contribution in [3.63, 3.8) is 0 Å². The second kappa shape index (κ2) is 12.2. The first-order valence-electron chi connectivity index (χ1n) is 14.3. The van der Waals surface area contributed by atoms with Crippen LogP contribution in [0.3, 0.4) is 0 Å². The molecule has 0 saturated carbocycles. The Balaban J connectivity index is 0.000000240. The first-order chi connectivity index (χ1) is 19.9. The number of carbonyl (C=O) groups is 2. The predicted octanol–water partition coefficient (Wildman–Crippen LogP) is 9.79. The van der Waals surface area contributed by atoms with Gasteiger partial charge in [-0.25, -0.2) is 0 Å². The fourth-order valence-corrected chi connectivity index (χ4v) is 7.34. The van der Waals surface area contributed by atoms with Gasteiger partial charge in [-0.3, -0.25) is 9.59 Å². The van der Waals surface area contributed by atoms with E-state index in [2.05, 4.69) is 45.2 Å². The van der Waals surface area contributed by atoms with Crippen molar-refractivity contribution < 1.29 is 35.9 Å². The van der Waals surface area contributed by atoms with Gasteiger partial charge in [-0.15, -0.1) is 0 Å². The van der Waals surface area contributed by atoms with Crippen LogP contribution in [0, 0.1) is 18.0 Å². The van der Waals surface area contributed by atoms with E-state index >= 15 is 0 Å². The summed E-state index contributed by atoms with van der Waals surface area (Å²) in [5.74, 6) is -0.492. The lowest BCUT2D eigenvalue weighted by Gasteiger charge is -2.35. The highest BCUT2D eigenvalue weighted by atomic mass is 127. The van der Waals surface area contributed by atoms with Gasteiger partial charge < -0.3 is 9.80 Å². The van der Waals surface area contributed by atoms with Gasteiger partial charge in [0.05, 0.1) is 21.7 Å². The fraction of sp³-hybridized carbons (Fsp3) is 0.562. The minimum absolute atomic E-state index is 0.246. The average molecular weight is 850 g/mol. The standard InChI is InChI=1S/2C16H19F3INO/c2*1-5-21-12-7-6-10(20)8-11(12)15(4,13(21)22)9-14(2,3)16(17,18)19/h2*6-8H,5,9H2,1-4H3/t2*15-/m10/s1. The van der Waals surface area contributed by atoms with Crippen molar-refractivity contribution in [2.24, 2.45) is 10.8 Å². The normalized spacial score (nSPS) is 22.2. The largest absolute Gasteiger partial charge is 0.394 e. The third-order valence-electron chi connectivity index (χ3n) is 8.88. The summed E-state index contributed by atoms with van der Waals surface area (Å²) in [6.45, 7) is 12.5. The number of benzene rings is 2. The third-order valence-corrected chi connectivity index (χ3v) is 10.2. The van der Waals surface area contributed by atoms with Crippen molar-refractivity contribution in [1.82, 2.24) is 0 Å². The first kappa shape index (κ1) is 36.9. The van der Waals surface area contributed by atoms with Crippen molar-refractivity contribution >= 4 is 68.4 Å². The lowest BCUT2D eigenvalue weighted by atomic mass is 9.70. The number of amides is 2. The molecular weight excluding hydrogens is 812 g/mol. The number of hydrogen-bond acceptors (Lipinski definition) is 2. The smallest absolute Gasteiger partial charge is 0.312 e. The summed E-state index contributed by atoms with van der Waals surface area (Å²) in [5.41, 5.74) is -3.30. The molecule has 0 fully saturated rings. The molecule has 2 aliphatic rings. The highest BCUT2D eigenvalue weighted by Crippen LogP contribution is 2.53.